The minimum absolute atomic E-state index is 0.0892. The molecule has 0 saturated heterocycles. The van der Waals surface area contributed by atoms with Gasteiger partial charge in [-0.25, -0.2) is 9.48 Å². The minimum Gasteiger partial charge on any atom is -0.478 e. The number of aromatic nitrogens is 2. The number of aromatic carboxylic acids is 1. The molecule has 3 aromatic rings. The molecule has 0 amide bonds. The van der Waals surface area contributed by atoms with Crippen molar-refractivity contribution in [3.8, 4) is 16.9 Å². The molecule has 20 heavy (non-hydrogen) atoms. The predicted octanol–water partition coefficient (Wildman–Crippen LogP) is 3.48. The van der Waals surface area contributed by atoms with Crippen LogP contribution >= 0.6 is 11.6 Å². The van der Waals surface area contributed by atoms with E-state index in [4.69, 9.17) is 16.0 Å². The van der Waals surface area contributed by atoms with Crippen molar-refractivity contribution in [2.45, 2.75) is 0 Å². The van der Waals surface area contributed by atoms with E-state index in [9.17, 15) is 9.90 Å². The van der Waals surface area contributed by atoms with Crippen molar-refractivity contribution in [2.75, 3.05) is 0 Å². The number of nitrogens with zero attached hydrogens (tertiary/aromatic N) is 2. The number of para-hydroxylation sites is 1. The molecule has 100 valence electrons. The van der Waals surface area contributed by atoms with Gasteiger partial charge in [0.05, 0.1) is 23.2 Å². The van der Waals surface area contributed by atoms with Gasteiger partial charge in [-0.1, -0.05) is 23.7 Å². The Kier molecular flexibility index (Phi) is 3.04. The first-order chi connectivity index (χ1) is 9.66. The fourth-order valence-electron chi connectivity index (χ4n) is 1.90. The Hall–Kier alpha value is -2.53. The molecule has 2 aromatic heterocycles. The van der Waals surface area contributed by atoms with Gasteiger partial charge in [0.2, 0.25) is 0 Å². The topological polar surface area (TPSA) is 68.3 Å². The van der Waals surface area contributed by atoms with Crippen LogP contribution in [0.1, 0.15) is 10.4 Å². The van der Waals surface area contributed by atoms with E-state index in [1.807, 2.05) is 0 Å². The largest absolute Gasteiger partial charge is 0.478 e. The van der Waals surface area contributed by atoms with Gasteiger partial charge in [0, 0.05) is 11.8 Å². The summed E-state index contributed by atoms with van der Waals surface area (Å²) < 4.78 is 6.43. The van der Waals surface area contributed by atoms with Gasteiger partial charge in [-0.15, -0.1) is 0 Å². The van der Waals surface area contributed by atoms with E-state index < -0.39 is 5.97 Å². The van der Waals surface area contributed by atoms with Gasteiger partial charge in [0.25, 0.3) is 0 Å². The van der Waals surface area contributed by atoms with E-state index in [1.165, 1.54) is 23.4 Å². The van der Waals surface area contributed by atoms with Crippen LogP contribution in [0.5, 0.6) is 0 Å². The molecule has 0 spiro atoms. The summed E-state index contributed by atoms with van der Waals surface area (Å²) in [4.78, 5) is 11.3. The summed E-state index contributed by atoms with van der Waals surface area (Å²) in [5, 5.41) is 14.1. The number of carbonyl (C=O) groups is 1. The molecule has 0 radical (unpaired) electrons. The van der Waals surface area contributed by atoms with Crippen molar-refractivity contribution in [2.24, 2.45) is 0 Å². The molecule has 6 heteroatoms. The van der Waals surface area contributed by atoms with Crippen molar-refractivity contribution in [3.05, 3.63) is 59.6 Å². The maximum Gasteiger partial charge on any atom is 0.339 e. The summed E-state index contributed by atoms with van der Waals surface area (Å²) in [7, 11) is 0. The minimum atomic E-state index is -1.06. The Labute approximate surface area is 119 Å². The molecule has 0 atom stereocenters. The monoisotopic (exact) mass is 288 g/mol. The molecule has 5 nitrogen and oxygen atoms in total. The van der Waals surface area contributed by atoms with Gasteiger partial charge < -0.3 is 9.52 Å². The van der Waals surface area contributed by atoms with Crippen LogP contribution < -0.4 is 0 Å². The van der Waals surface area contributed by atoms with Gasteiger partial charge in [0.1, 0.15) is 11.3 Å². The number of benzene rings is 1. The maximum atomic E-state index is 11.3. The fraction of sp³-hybridized carbons (Fsp3) is 0. The van der Waals surface area contributed by atoms with Crippen LogP contribution in [-0.2, 0) is 0 Å². The lowest BCUT2D eigenvalue weighted by atomic mass is 10.1. The third kappa shape index (κ3) is 2.08. The first-order valence-electron chi connectivity index (χ1n) is 5.77. The second kappa shape index (κ2) is 4.86. The van der Waals surface area contributed by atoms with Gasteiger partial charge >= 0.3 is 5.97 Å². The van der Waals surface area contributed by atoms with Crippen LogP contribution in [0.2, 0.25) is 5.02 Å². The third-order valence-electron chi connectivity index (χ3n) is 2.84. The lowest BCUT2D eigenvalue weighted by Crippen LogP contribution is -1.96. The molecule has 0 aliphatic carbocycles. The molecule has 0 fully saturated rings. The Balaban J connectivity index is 2.18. The van der Waals surface area contributed by atoms with E-state index in [-0.39, 0.29) is 5.56 Å². The molecule has 2 heterocycles. The highest BCUT2D eigenvalue weighted by Gasteiger charge is 2.19. The molecule has 0 bridgehead atoms. The second-order valence-electron chi connectivity index (χ2n) is 4.10. The fourth-order valence-corrected chi connectivity index (χ4v) is 2.13. The molecule has 0 aliphatic heterocycles. The number of halogens is 1. The molecule has 0 saturated carbocycles. The van der Waals surface area contributed by atoms with Crippen molar-refractivity contribution in [1.82, 2.24) is 9.78 Å². The number of rotatable bonds is 3. The van der Waals surface area contributed by atoms with Crippen molar-refractivity contribution in [3.63, 3.8) is 0 Å². The summed E-state index contributed by atoms with van der Waals surface area (Å²) in [5.74, 6) is -1.06. The van der Waals surface area contributed by atoms with E-state index >= 15 is 0 Å². The Morgan fingerprint density at radius 3 is 2.75 bits per heavy atom. The third-order valence-corrected chi connectivity index (χ3v) is 3.16. The van der Waals surface area contributed by atoms with Crippen molar-refractivity contribution in [1.29, 1.82) is 0 Å². The van der Waals surface area contributed by atoms with Crippen LogP contribution in [0.25, 0.3) is 16.9 Å². The van der Waals surface area contributed by atoms with Crippen molar-refractivity contribution < 1.29 is 14.3 Å². The summed E-state index contributed by atoms with van der Waals surface area (Å²) in [6.07, 6.45) is 4.35. The molecule has 3 rings (SSSR count). The number of furan rings is 1. The highest BCUT2D eigenvalue weighted by molar-refractivity contribution is 6.32. The Bertz CT molecular complexity index is 763. The standard InChI is InChI=1S/C14H9ClN2O3/c15-11-3-1-2-4-12(11)17-7-10(14(18)19)13(16-17)9-5-6-20-8-9/h1-8H,(H,18,19). The van der Waals surface area contributed by atoms with E-state index in [1.54, 1.807) is 30.3 Å². The van der Waals surface area contributed by atoms with Crippen LogP contribution in [0.15, 0.2) is 53.5 Å². The van der Waals surface area contributed by atoms with Crippen molar-refractivity contribution >= 4 is 17.6 Å². The summed E-state index contributed by atoms with van der Waals surface area (Å²) >= 11 is 6.10. The first kappa shape index (κ1) is 12.5. The maximum absolute atomic E-state index is 11.3. The van der Waals surface area contributed by atoms with Gasteiger partial charge in [-0.05, 0) is 18.2 Å². The highest BCUT2D eigenvalue weighted by atomic mass is 35.5. The Morgan fingerprint density at radius 2 is 2.10 bits per heavy atom. The highest BCUT2D eigenvalue weighted by Crippen LogP contribution is 2.26. The summed E-state index contributed by atoms with van der Waals surface area (Å²) in [5.41, 5.74) is 1.65. The average molecular weight is 289 g/mol. The zero-order valence-corrected chi connectivity index (χ0v) is 10.9. The lowest BCUT2D eigenvalue weighted by molar-refractivity contribution is 0.0697. The first-order valence-corrected chi connectivity index (χ1v) is 6.15. The molecule has 1 aromatic carbocycles. The molecule has 1 N–H and O–H groups in total. The zero-order chi connectivity index (χ0) is 14.1. The second-order valence-corrected chi connectivity index (χ2v) is 4.51. The van der Waals surface area contributed by atoms with E-state index in [2.05, 4.69) is 5.10 Å². The van der Waals surface area contributed by atoms with Crippen LogP contribution in [0.4, 0.5) is 0 Å². The van der Waals surface area contributed by atoms with E-state index in [0.29, 0.717) is 22.0 Å². The quantitative estimate of drug-likeness (QED) is 0.801. The van der Waals surface area contributed by atoms with E-state index in [0.717, 1.165) is 0 Å². The summed E-state index contributed by atoms with van der Waals surface area (Å²) in [6.45, 7) is 0. The molecular weight excluding hydrogens is 280 g/mol. The van der Waals surface area contributed by atoms with Crippen LogP contribution in [0, 0.1) is 0 Å². The van der Waals surface area contributed by atoms with Gasteiger partial charge in [0.15, 0.2) is 0 Å². The summed E-state index contributed by atoms with van der Waals surface area (Å²) in [6, 6.07) is 8.74. The number of carboxylic acids is 1. The van der Waals surface area contributed by atoms with Gasteiger partial charge in [-0.2, -0.15) is 5.10 Å². The normalized spacial score (nSPS) is 10.7. The zero-order valence-electron chi connectivity index (χ0n) is 10.2. The number of carboxylic acid groups (broad SMARTS) is 1. The van der Waals surface area contributed by atoms with Gasteiger partial charge in [-0.3, -0.25) is 0 Å². The molecular formula is C14H9ClN2O3. The average Bonchev–Trinajstić information content (AvgIpc) is 3.08. The number of hydrogen-bond donors (Lipinski definition) is 1. The Morgan fingerprint density at radius 1 is 1.30 bits per heavy atom. The smallest absolute Gasteiger partial charge is 0.339 e. The van der Waals surface area contributed by atoms with Crippen LogP contribution in [0.3, 0.4) is 0 Å². The number of hydrogen-bond acceptors (Lipinski definition) is 3. The molecule has 0 unspecified atom stereocenters. The lowest BCUT2D eigenvalue weighted by Gasteiger charge is -2.02. The SMILES string of the molecule is O=C(O)c1cn(-c2ccccc2Cl)nc1-c1ccoc1. The predicted molar refractivity (Wildman–Crippen MR) is 73.2 cm³/mol. The molecule has 0 aliphatic rings. The van der Waals surface area contributed by atoms with Crippen LogP contribution in [-0.4, -0.2) is 20.9 Å².